The van der Waals surface area contributed by atoms with Crippen molar-refractivity contribution in [3.8, 4) is 0 Å². The van der Waals surface area contributed by atoms with E-state index in [0.29, 0.717) is 0 Å². The van der Waals surface area contributed by atoms with Crippen molar-refractivity contribution in [2.24, 2.45) is 0 Å². The number of benzene rings is 6. The first-order chi connectivity index (χ1) is 26.4. The van der Waals surface area contributed by atoms with E-state index in [9.17, 15) is 9.59 Å². The first kappa shape index (κ1) is 46.6. The van der Waals surface area contributed by atoms with Gasteiger partial charge in [0.1, 0.15) is 0 Å². The van der Waals surface area contributed by atoms with E-state index in [1.807, 2.05) is 146 Å². The van der Waals surface area contributed by atoms with E-state index in [1.54, 1.807) is 0 Å². The fourth-order valence-corrected chi connectivity index (χ4v) is 13.7. The summed E-state index contributed by atoms with van der Waals surface area (Å²) in [6.45, 7) is 0. The summed E-state index contributed by atoms with van der Waals surface area (Å²) in [6, 6.07) is 47.7. The van der Waals surface area contributed by atoms with Crippen LogP contribution < -0.4 is 31.1 Å². The monoisotopic (exact) mass is 1190 g/mol. The molecule has 1 aliphatic rings. The zero-order valence-electron chi connectivity index (χ0n) is 29.4. The fourth-order valence-electron chi connectivity index (χ4n) is 6.23. The second-order valence-corrected chi connectivity index (χ2v) is 24.6. The fraction of sp³-hybridized carbons (Fsp3) is 0.143. The average molecular weight is 1190 g/mol. The van der Waals surface area contributed by atoms with Crippen LogP contribution in [0.5, 0.6) is 0 Å². The van der Waals surface area contributed by atoms with Crippen molar-refractivity contribution in [2.45, 2.75) is 38.2 Å². The number of hydrogen-bond acceptors (Lipinski definition) is 4. The van der Waals surface area contributed by atoms with E-state index in [-0.39, 0.29) is 6.10 Å². The Labute approximate surface area is 385 Å². The number of rotatable bonds is 6. The molecule has 6 aromatic carbocycles. The van der Waals surface area contributed by atoms with Crippen molar-refractivity contribution in [3.63, 3.8) is 0 Å². The molecule has 7 rings (SSSR count). The van der Waals surface area contributed by atoms with Gasteiger partial charge in [0.15, 0.2) is 0 Å². The Morgan fingerprint density at radius 1 is 0.364 bits per heavy atom. The molecule has 0 aliphatic heterocycles. The molecule has 1 aliphatic carbocycles. The standard InChI is InChI=1S/2C18H13Br3OSi.C6H12O.O.V/c2*19-13-1-7-16(8-2-13)23(22,17-9-3-14(20)4-10-17)18-11-5-15(21)6-12-18;7-6-4-2-1-3-5-6;;/h2*1-12,22H;6-7H,1-5H2;;. The summed E-state index contributed by atoms with van der Waals surface area (Å²) < 4.78 is 14.2. The minimum atomic E-state index is -3.01. The van der Waals surface area contributed by atoms with Crippen LogP contribution in [0.25, 0.3) is 0 Å². The first-order valence-corrected chi connectivity index (χ1v) is 26.5. The van der Waals surface area contributed by atoms with Gasteiger partial charge in [-0.15, -0.1) is 0 Å². The molecule has 0 saturated heterocycles. The van der Waals surface area contributed by atoms with Gasteiger partial charge in [0, 0.05) is 26.8 Å². The number of halogens is 6. The Morgan fingerprint density at radius 2 is 0.527 bits per heavy atom. The maximum atomic E-state index is 11.8. The molecule has 0 heterocycles. The molecular formula is C42H38Br6O4Si2V. The summed E-state index contributed by atoms with van der Waals surface area (Å²) in [6.07, 6.45) is 5.92. The molecule has 0 amide bonds. The Bertz CT molecular complexity index is 1690. The Morgan fingerprint density at radius 3 is 0.655 bits per heavy atom. The van der Waals surface area contributed by atoms with Crippen molar-refractivity contribution < 1.29 is 35.7 Å². The molecule has 13 heteroatoms. The predicted molar refractivity (Wildman–Crippen MR) is 248 cm³/mol. The van der Waals surface area contributed by atoms with Crippen LogP contribution in [0.2, 0.25) is 0 Å². The van der Waals surface area contributed by atoms with Gasteiger partial charge < -0.3 is 14.7 Å². The molecule has 6 aromatic rings. The summed E-state index contributed by atoms with van der Waals surface area (Å²) in [5, 5.41) is 14.7. The van der Waals surface area contributed by atoms with Crippen LogP contribution >= 0.6 is 95.6 Å². The third-order valence-electron chi connectivity index (χ3n) is 9.15. The summed E-state index contributed by atoms with van der Waals surface area (Å²) in [5.74, 6) is 0. The number of aliphatic hydroxyl groups excluding tert-OH is 1. The number of hydrogen-bond donors (Lipinski definition) is 3. The van der Waals surface area contributed by atoms with Gasteiger partial charge in [-0.1, -0.05) is 188 Å². The Hall–Kier alpha value is -1.10. The third kappa shape index (κ3) is 12.9. The van der Waals surface area contributed by atoms with Gasteiger partial charge in [0.25, 0.3) is 16.6 Å². The summed E-state index contributed by atoms with van der Waals surface area (Å²) in [4.78, 5) is 23.6. The molecule has 55 heavy (non-hydrogen) atoms. The molecule has 4 nitrogen and oxygen atoms in total. The molecule has 285 valence electrons. The van der Waals surface area contributed by atoms with Gasteiger partial charge >= 0.3 is 21.0 Å². The van der Waals surface area contributed by atoms with Crippen LogP contribution in [0, 0.1) is 0 Å². The van der Waals surface area contributed by atoms with Crippen molar-refractivity contribution in [3.05, 3.63) is 172 Å². The van der Waals surface area contributed by atoms with Crippen molar-refractivity contribution in [1.82, 2.24) is 0 Å². The normalized spacial score (nSPS) is 12.9. The zero-order valence-corrected chi connectivity index (χ0v) is 42.3. The quantitative estimate of drug-likeness (QED) is 0.115. The zero-order chi connectivity index (χ0) is 40.0. The van der Waals surface area contributed by atoms with Crippen LogP contribution in [-0.2, 0) is 21.0 Å². The average Bonchev–Trinajstić information content (AvgIpc) is 3.20. The van der Waals surface area contributed by atoms with E-state index in [2.05, 4.69) is 95.6 Å². The minimum absolute atomic E-state index is 0.0359. The van der Waals surface area contributed by atoms with Crippen molar-refractivity contribution in [2.75, 3.05) is 0 Å². The number of aliphatic hydroxyl groups is 1. The second kappa shape index (κ2) is 22.9. The van der Waals surface area contributed by atoms with Crippen molar-refractivity contribution >= 4 is 143 Å². The molecule has 0 bridgehead atoms. The summed E-state index contributed by atoms with van der Waals surface area (Å²) >= 11 is 21.9. The Kier molecular flexibility index (Phi) is 19.4. The second-order valence-electron chi connectivity index (χ2n) is 12.8. The maximum absolute atomic E-state index is 11.8. The molecule has 0 aromatic heterocycles. The van der Waals surface area contributed by atoms with Gasteiger partial charge in [-0.25, -0.2) is 0 Å². The predicted octanol–water partition coefficient (Wildman–Crippen LogP) is 9.06. The van der Waals surface area contributed by atoms with Gasteiger partial charge in [-0.3, -0.25) is 0 Å². The molecule has 0 atom stereocenters. The Balaban J connectivity index is 0.000000200. The first-order valence-electron chi connectivity index (χ1n) is 17.3. The van der Waals surface area contributed by atoms with Gasteiger partial charge in [0.2, 0.25) is 0 Å². The summed E-state index contributed by atoms with van der Waals surface area (Å²) in [7, 11) is -6.02. The molecule has 1 fully saturated rings. The van der Waals surface area contributed by atoms with Crippen LogP contribution in [0.1, 0.15) is 32.1 Å². The van der Waals surface area contributed by atoms with E-state index in [4.69, 9.17) is 8.78 Å². The van der Waals surface area contributed by atoms with Crippen LogP contribution in [-0.4, -0.2) is 37.4 Å². The topological polar surface area (TPSA) is 77.8 Å². The molecule has 1 saturated carbocycles. The molecular weight excluding hydrogens is 1150 g/mol. The van der Waals surface area contributed by atoms with Gasteiger partial charge in [0.05, 0.1) is 6.10 Å². The van der Waals surface area contributed by atoms with Gasteiger partial charge in [-0.2, -0.15) is 0 Å². The van der Waals surface area contributed by atoms with E-state index < -0.39 is 16.6 Å². The van der Waals surface area contributed by atoms with E-state index in [0.717, 1.165) is 88.2 Å². The molecule has 0 spiro atoms. The SMILES string of the molecule is OC1CCCCC1.O[Si](c1ccc(Br)cc1)(c1ccc(Br)cc1)c1ccc(Br)cc1.O[Si](c1ccc(Br)cc1)(c1ccc(Br)cc1)c1ccc(Br)cc1.[O]=[V]. The van der Waals surface area contributed by atoms with Crippen molar-refractivity contribution in [1.29, 1.82) is 0 Å². The molecule has 3 N–H and O–H groups in total. The third-order valence-corrected chi connectivity index (χ3v) is 19.3. The summed E-state index contributed by atoms with van der Waals surface area (Å²) in [5.41, 5.74) is 0. The van der Waals surface area contributed by atoms with E-state index in [1.165, 1.54) is 19.3 Å². The van der Waals surface area contributed by atoms with Gasteiger partial charge in [-0.05, 0) is 117 Å². The van der Waals surface area contributed by atoms with Crippen LogP contribution in [0.15, 0.2) is 172 Å². The van der Waals surface area contributed by atoms with Crippen LogP contribution in [0.3, 0.4) is 0 Å². The van der Waals surface area contributed by atoms with Crippen LogP contribution in [0.4, 0.5) is 0 Å². The van der Waals surface area contributed by atoms with E-state index >= 15 is 0 Å². The molecule has 0 radical (unpaired) electrons. The molecule has 0 unspecified atom stereocenters.